The Morgan fingerprint density at radius 3 is 2.85 bits per heavy atom. The predicted octanol–water partition coefficient (Wildman–Crippen LogP) is 2.41. The molecule has 0 spiro atoms. The second-order valence-corrected chi connectivity index (χ2v) is 3.28. The van der Waals surface area contributed by atoms with Crippen LogP contribution in [-0.4, -0.2) is 13.2 Å². The van der Waals surface area contributed by atoms with Crippen molar-refractivity contribution in [3.05, 3.63) is 21.5 Å². The maximum absolute atomic E-state index is 13.3. The van der Waals surface area contributed by atoms with E-state index in [4.69, 9.17) is 4.74 Å². The molecule has 0 saturated heterocycles. The van der Waals surface area contributed by atoms with Gasteiger partial charge in [-0.25, -0.2) is 9.18 Å². The number of nitrogens with zero attached hydrogens (tertiary/aromatic N) is 1. The van der Waals surface area contributed by atoms with Crippen LogP contribution in [0, 0.1) is 9.39 Å². The van der Waals surface area contributed by atoms with Gasteiger partial charge in [-0.2, -0.15) is 4.99 Å². The third kappa shape index (κ3) is 2.05. The molecule has 0 fully saturated rings. The summed E-state index contributed by atoms with van der Waals surface area (Å²) in [7, 11) is 1.32. The monoisotopic (exact) mass is 293 g/mol. The zero-order valence-electron chi connectivity index (χ0n) is 6.67. The quantitative estimate of drug-likeness (QED) is 0.477. The minimum atomic E-state index is -0.514. The highest BCUT2D eigenvalue weighted by Crippen LogP contribution is 2.32. The van der Waals surface area contributed by atoms with Crippen LogP contribution in [0.5, 0.6) is 5.75 Å². The Morgan fingerprint density at radius 2 is 2.31 bits per heavy atom. The highest BCUT2D eigenvalue weighted by molar-refractivity contribution is 14.1. The maximum Gasteiger partial charge on any atom is 0.240 e. The van der Waals surface area contributed by atoms with Crippen LogP contribution >= 0.6 is 22.6 Å². The molecular weight excluding hydrogens is 288 g/mol. The molecule has 0 aliphatic rings. The predicted molar refractivity (Wildman–Crippen MR) is 53.5 cm³/mol. The Kier molecular flexibility index (Phi) is 3.39. The summed E-state index contributed by atoms with van der Waals surface area (Å²) in [5.74, 6) is -0.546. The van der Waals surface area contributed by atoms with E-state index in [0.29, 0.717) is 3.57 Å². The maximum atomic E-state index is 13.3. The van der Waals surface area contributed by atoms with E-state index in [2.05, 4.69) is 4.99 Å². The van der Waals surface area contributed by atoms with Crippen LogP contribution in [0.4, 0.5) is 10.1 Å². The number of aliphatic imine (C=N–C) groups is 1. The molecule has 0 heterocycles. The Hall–Kier alpha value is -0.940. The number of hydrogen-bond acceptors (Lipinski definition) is 3. The van der Waals surface area contributed by atoms with Gasteiger partial charge < -0.3 is 4.74 Å². The topological polar surface area (TPSA) is 38.7 Å². The molecule has 13 heavy (non-hydrogen) atoms. The van der Waals surface area contributed by atoms with Crippen molar-refractivity contribution in [2.45, 2.75) is 0 Å². The minimum absolute atomic E-state index is 0.0322. The van der Waals surface area contributed by atoms with Gasteiger partial charge >= 0.3 is 0 Å². The number of isocyanates is 1. The van der Waals surface area contributed by atoms with E-state index in [1.165, 1.54) is 25.3 Å². The summed E-state index contributed by atoms with van der Waals surface area (Å²) in [6.07, 6.45) is 1.33. The molecular formula is C8H5FINO2. The first-order valence-electron chi connectivity index (χ1n) is 3.30. The normalized spacial score (nSPS) is 9.15. The van der Waals surface area contributed by atoms with Crippen molar-refractivity contribution in [3.8, 4) is 5.75 Å². The molecule has 0 aliphatic carbocycles. The summed E-state index contributed by atoms with van der Waals surface area (Å²) in [6.45, 7) is 0. The van der Waals surface area contributed by atoms with Gasteiger partial charge in [0.2, 0.25) is 6.08 Å². The summed E-state index contributed by atoms with van der Waals surface area (Å²) in [5, 5.41) is 0. The van der Waals surface area contributed by atoms with E-state index < -0.39 is 5.82 Å². The lowest BCUT2D eigenvalue weighted by Crippen LogP contribution is -1.91. The molecule has 0 aliphatic heterocycles. The van der Waals surface area contributed by atoms with E-state index in [9.17, 15) is 9.18 Å². The van der Waals surface area contributed by atoms with Crippen LogP contribution in [0.25, 0.3) is 0 Å². The SMILES string of the molecule is COc1c(N=C=O)ccc(I)c1F. The Bertz CT molecular complexity index is 375. The Morgan fingerprint density at radius 1 is 1.62 bits per heavy atom. The van der Waals surface area contributed by atoms with Gasteiger partial charge in [-0.1, -0.05) is 0 Å². The number of ether oxygens (including phenoxy) is 1. The zero-order chi connectivity index (χ0) is 9.84. The summed E-state index contributed by atoms with van der Waals surface area (Å²) in [4.78, 5) is 13.3. The molecule has 0 N–H and O–H groups in total. The van der Waals surface area contributed by atoms with E-state index in [1.807, 2.05) is 22.6 Å². The van der Waals surface area contributed by atoms with Crippen LogP contribution < -0.4 is 4.74 Å². The molecule has 68 valence electrons. The van der Waals surface area contributed by atoms with Crippen LogP contribution in [-0.2, 0) is 4.79 Å². The molecule has 0 amide bonds. The lowest BCUT2D eigenvalue weighted by Gasteiger charge is -2.04. The second-order valence-electron chi connectivity index (χ2n) is 2.12. The van der Waals surface area contributed by atoms with Crippen LogP contribution in [0.2, 0.25) is 0 Å². The van der Waals surface area contributed by atoms with E-state index in [0.717, 1.165) is 0 Å². The van der Waals surface area contributed by atoms with Crippen molar-refractivity contribution in [3.63, 3.8) is 0 Å². The first kappa shape index (κ1) is 10.1. The fraction of sp³-hybridized carbons (Fsp3) is 0.125. The van der Waals surface area contributed by atoms with Gasteiger partial charge in [-0.15, -0.1) is 0 Å². The molecule has 1 aromatic rings. The Labute approximate surface area is 87.8 Å². The molecule has 0 atom stereocenters. The molecule has 1 rings (SSSR count). The number of rotatable bonds is 2. The number of methoxy groups -OCH3 is 1. The number of halogens is 2. The third-order valence-electron chi connectivity index (χ3n) is 1.40. The largest absolute Gasteiger partial charge is 0.491 e. The molecule has 1 aromatic carbocycles. The van der Waals surface area contributed by atoms with Gasteiger partial charge in [0.05, 0.1) is 10.7 Å². The fourth-order valence-electron chi connectivity index (χ4n) is 0.853. The first-order chi connectivity index (χ1) is 6.20. The van der Waals surface area contributed by atoms with Gasteiger partial charge in [0.15, 0.2) is 11.6 Å². The van der Waals surface area contributed by atoms with Crippen LogP contribution in [0.1, 0.15) is 0 Å². The van der Waals surface area contributed by atoms with E-state index in [1.54, 1.807) is 0 Å². The van der Waals surface area contributed by atoms with E-state index >= 15 is 0 Å². The molecule has 0 saturated carbocycles. The Balaban J connectivity index is 3.37. The molecule has 0 radical (unpaired) electrons. The van der Waals surface area contributed by atoms with Gasteiger partial charge in [0.25, 0.3) is 0 Å². The second kappa shape index (κ2) is 4.34. The average molecular weight is 293 g/mol. The van der Waals surface area contributed by atoms with Crippen molar-refractivity contribution in [2.24, 2.45) is 4.99 Å². The highest BCUT2D eigenvalue weighted by atomic mass is 127. The van der Waals surface area contributed by atoms with Crippen molar-refractivity contribution in [2.75, 3.05) is 7.11 Å². The highest BCUT2D eigenvalue weighted by Gasteiger charge is 2.11. The summed E-state index contributed by atoms with van der Waals surface area (Å²) in [6, 6.07) is 3.00. The third-order valence-corrected chi connectivity index (χ3v) is 2.23. The van der Waals surface area contributed by atoms with Gasteiger partial charge in [-0.3, -0.25) is 0 Å². The summed E-state index contributed by atoms with van der Waals surface area (Å²) >= 11 is 1.82. The fourth-order valence-corrected chi connectivity index (χ4v) is 1.28. The lowest BCUT2D eigenvalue weighted by atomic mass is 10.3. The number of hydrogen-bond donors (Lipinski definition) is 0. The van der Waals surface area contributed by atoms with Crippen molar-refractivity contribution >= 4 is 34.4 Å². The summed E-state index contributed by atoms with van der Waals surface area (Å²) in [5.41, 5.74) is 0.149. The van der Waals surface area contributed by atoms with Gasteiger partial charge in [-0.05, 0) is 34.7 Å². The van der Waals surface area contributed by atoms with Crippen molar-refractivity contribution < 1.29 is 13.9 Å². The zero-order valence-corrected chi connectivity index (χ0v) is 8.83. The smallest absolute Gasteiger partial charge is 0.240 e. The van der Waals surface area contributed by atoms with Crippen LogP contribution in [0.15, 0.2) is 17.1 Å². The van der Waals surface area contributed by atoms with Crippen molar-refractivity contribution in [1.82, 2.24) is 0 Å². The first-order valence-corrected chi connectivity index (χ1v) is 4.38. The van der Waals surface area contributed by atoms with Crippen LogP contribution in [0.3, 0.4) is 0 Å². The average Bonchev–Trinajstić information content (AvgIpc) is 2.12. The molecule has 0 aromatic heterocycles. The number of benzene rings is 1. The van der Waals surface area contributed by atoms with Gasteiger partial charge in [0.1, 0.15) is 5.69 Å². The van der Waals surface area contributed by atoms with Crippen molar-refractivity contribution in [1.29, 1.82) is 0 Å². The van der Waals surface area contributed by atoms with Gasteiger partial charge in [0, 0.05) is 0 Å². The number of carbonyl (C=O) groups excluding carboxylic acids is 1. The molecule has 3 nitrogen and oxygen atoms in total. The lowest BCUT2D eigenvalue weighted by molar-refractivity contribution is 0.386. The molecule has 5 heteroatoms. The molecule has 0 bridgehead atoms. The summed E-state index contributed by atoms with van der Waals surface area (Å²) < 4.78 is 18.4. The molecule has 0 unspecified atom stereocenters. The van der Waals surface area contributed by atoms with E-state index in [-0.39, 0.29) is 11.4 Å². The minimum Gasteiger partial charge on any atom is -0.491 e. The standard InChI is InChI=1S/C8H5FINO2/c1-13-8-6(11-4-12)3-2-5(10)7(8)9/h2-3H,1H3.